The van der Waals surface area contributed by atoms with Gasteiger partial charge < -0.3 is 15.4 Å². The van der Waals surface area contributed by atoms with Crippen LogP contribution < -0.4 is 10.6 Å². The Bertz CT molecular complexity index is 503. The van der Waals surface area contributed by atoms with Crippen molar-refractivity contribution < 1.29 is 13.9 Å². The van der Waals surface area contributed by atoms with Gasteiger partial charge in [-0.3, -0.25) is 9.69 Å². The average Bonchev–Trinajstić information content (AvgIpc) is 2.56. The van der Waals surface area contributed by atoms with E-state index in [9.17, 15) is 9.18 Å². The van der Waals surface area contributed by atoms with Gasteiger partial charge in [0, 0.05) is 26.1 Å². The van der Waals surface area contributed by atoms with Crippen LogP contribution in [0.15, 0.2) is 24.3 Å². The number of hydrogen-bond acceptors (Lipinski definition) is 4. The van der Waals surface area contributed by atoms with Gasteiger partial charge in [-0.2, -0.15) is 0 Å². The summed E-state index contributed by atoms with van der Waals surface area (Å²) in [7, 11) is 1.87. The predicted molar refractivity (Wildman–Crippen MR) is 102 cm³/mol. The highest BCUT2D eigenvalue weighted by molar-refractivity contribution is 5.85. The molecule has 8 heteroatoms. The van der Waals surface area contributed by atoms with Crippen LogP contribution in [0.3, 0.4) is 0 Å². The van der Waals surface area contributed by atoms with Gasteiger partial charge in [-0.15, -0.1) is 24.8 Å². The summed E-state index contributed by atoms with van der Waals surface area (Å²) in [5.74, 6) is -0.212. The highest BCUT2D eigenvalue weighted by atomic mass is 35.5. The summed E-state index contributed by atoms with van der Waals surface area (Å²) in [6.45, 7) is 4.23. The van der Waals surface area contributed by atoms with Gasteiger partial charge in [-0.05, 0) is 37.7 Å². The zero-order valence-corrected chi connectivity index (χ0v) is 16.1. The van der Waals surface area contributed by atoms with Crippen molar-refractivity contribution in [1.82, 2.24) is 15.5 Å². The van der Waals surface area contributed by atoms with E-state index in [-0.39, 0.29) is 42.6 Å². The van der Waals surface area contributed by atoms with Crippen LogP contribution in [0.5, 0.6) is 0 Å². The largest absolute Gasteiger partial charge is 0.379 e. The fraction of sp³-hybridized carbons (Fsp3) is 0.588. The summed E-state index contributed by atoms with van der Waals surface area (Å²) in [5, 5.41) is 6.01. The first kappa shape index (κ1) is 24.1. The number of morpholine rings is 1. The number of benzene rings is 1. The van der Waals surface area contributed by atoms with Crippen molar-refractivity contribution in [3.8, 4) is 0 Å². The second-order valence-corrected chi connectivity index (χ2v) is 5.73. The molecule has 1 fully saturated rings. The van der Waals surface area contributed by atoms with Gasteiger partial charge >= 0.3 is 0 Å². The Morgan fingerprint density at radius 1 is 1.32 bits per heavy atom. The SMILES string of the molecule is CNCCCC(=O)NCC(c1cccc(F)c1)N1CCOCC1.Cl.Cl. The van der Waals surface area contributed by atoms with Gasteiger partial charge in [0.05, 0.1) is 19.3 Å². The van der Waals surface area contributed by atoms with Gasteiger partial charge in [0.1, 0.15) is 5.82 Å². The second kappa shape index (κ2) is 13.3. The maximum absolute atomic E-state index is 13.6. The third kappa shape index (κ3) is 8.33. The first-order valence-corrected chi connectivity index (χ1v) is 8.19. The Balaban J connectivity index is 0.00000288. The van der Waals surface area contributed by atoms with Crippen molar-refractivity contribution in [2.75, 3.05) is 46.4 Å². The summed E-state index contributed by atoms with van der Waals surface area (Å²) < 4.78 is 19.0. The van der Waals surface area contributed by atoms with Crippen LogP contribution in [0.4, 0.5) is 4.39 Å². The van der Waals surface area contributed by atoms with Crippen LogP contribution in [0, 0.1) is 5.82 Å². The number of halogens is 3. The molecule has 1 aromatic rings. The number of ether oxygens (including phenoxy) is 1. The lowest BCUT2D eigenvalue weighted by Gasteiger charge is -2.35. The summed E-state index contributed by atoms with van der Waals surface area (Å²) in [5.41, 5.74) is 0.891. The third-order valence-electron chi connectivity index (χ3n) is 4.04. The first-order chi connectivity index (χ1) is 11.2. The minimum Gasteiger partial charge on any atom is -0.379 e. The molecule has 0 bridgehead atoms. The Kier molecular flexibility index (Phi) is 12.8. The number of amides is 1. The van der Waals surface area contributed by atoms with E-state index in [1.54, 1.807) is 12.1 Å². The molecular weight excluding hydrogens is 368 g/mol. The molecule has 1 aromatic carbocycles. The molecule has 5 nitrogen and oxygen atoms in total. The summed E-state index contributed by atoms with van der Waals surface area (Å²) in [4.78, 5) is 14.2. The van der Waals surface area contributed by atoms with Crippen LogP contribution in [0.1, 0.15) is 24.4 Å². The topological polar surface area (TPSA) is 53.6 Å². The third-order valence-corrected chi connectivity index (χ3v) is 4.04. The Morgan fingerprint density at radius 2 is 2.04 bits per heavy atom. The number of carbonyl (C=O) groups excluding carboxylic acids is 1. The molecule has 0 aliphatic carbocycles. The fourth-order valence-electron chi connectivity index (χ4n) is 2.79. The smallest absolute Gasteiger partial charge is 0.220 e. The fourth-order valence-corrected chi connectivity index (χ4v) is 2.79. The van der Waals surface area contributed by atoms with E-state index in [2.05, 4.69) is 15.5 Å². The zero-order chi connectivity index (χ0) is 16.5. The molecule has 1 amide bonds. The van der Waals surface area contributed by atoms with Crippen molar-refractivity contribution >= 4 is 30.7 Å². The number of carbonyl (C=O) groups is 1. The molecule has 1 saturated heterocycles. The van der Waals surface area contributed by atoms with Crippen molar-refractivity contribution in [1.29, 1.82) is 0 Å². The normalized spacial score (nSPS) is 15.6. The number of nitrogens with zero attached hydrogens (tertiary/aromatic N) is 1. The van der Waals surface area contributed by atoms with Gasteiger partial charge in [0.2, 0.25) is 5.91 Å². The lowest BCUT2D eigenvalue weighted by atomic mass is 10.0. The standard InChI is InChI=1S/C17H26FN3O2.2ClH/c1-19-7-3-6-17(22)20-13-16(21-8-10-23-11-9-21)14-4-2-5-15(18)12-14;;/h2,4-5,12,16,19H,3,6-11,13H2,1H3,(H,20,22);2*1H. The maximum Gasteiger partial charge on any atom is 0.220 e. The van der Waals surface area contributed by atoms with Crippen molar-refractivity contribution in [3.63, 3.8) is 0 Å². The molecule has 1 unspecified atom stereocenters. The molecule has 144 valence electrons. The number of hydrogen-bond donors (Lipinski definition) is 2. The summed E-state index contributed by atoms with van der Waals surface area (Å²) in [6.07, 6.45) is 1.31. The average molecular weight is 396 g/mol. The van der Waals surface area contributed by atoms with Crippen LogP contribution >= 0.6 is 24.8 Å². The predicted octanol–water partition coefficient (Wildman–Crippen LogP) is 2.16. The van der Waals surface area contributed by atoms with Crippen molar-refractivity contribution in [3.05, 3.63) is 35.6 Å². The van der Waals surface area contributed by atoms with Gasteiger partial charge in [-0.1, -0.05) is 12.1 Å². The second-order valence-electron chi connectivity index (χ2n) is 5.73. The zero-order valence-electron chi connectivity index (χ0n) is 14.5. The van der Waals surface area contributed by atoms with E-state index >= 15 is 0 Å². The number of nitrogens with one attached hydrogen (secondary N) is 2. The number of rotatable bonds is 8. The van der Waals surface area contributed by atoms with E-state index in [4.69, 9.17) is 4.74 Å². The lowest BCUT2D eigenvalue weighted by Crippen LogP contribution is -2.43. The first-order valence-electron chi connectivity index (χ1n) is 8.19. The monoisotopic (exact) mass is 395 g/mol. The van der Waals surface area contributed by atoms with Gasteiger partial charge in [0.15, 0.2) is 0 Å². The molecule has 0 aromatic heterocycles. The van der Waals surface area contributed by atoms with Crippen LogP contribution in [0.2, 0.25) is 0 Å². The van der Waals surface area contributed by atoms with E-state index in [0.29, 0.717) is 26.2 Å². The molecular formula is C17H28Cl2FN3O2. The van der Waals surface area contributed by atoms with Crippen molar-refractivity contribution in [2.45, 2.75) is 18.9 Å². The van der Waals surface area contributed by atoms with E-state index in [1.807, 2.05) is 13.1 Å². The highest BCUT2D eigenvalue weighted by Gasteiger charge is 2.23. The maximum atomic E-state index is 13.6. The van der Waals surface area contributed by atoms with Gasteiger partial charge in [0.25, 0.3) is 0 Å². The van der Waals surface area contributed by atoms with Crippen molar-refractivity contribution in [2.24, 2.45) is 0 Å². The lowest BCUT2D eigenvalue weighted by molar-refractivity contribution is -0.121. The molecule has 1 heterocycles. The molecule has 0 spiro atoms. The molecule has 1 aliphatic rings. The van der Waals surface area contributed by atoms with Crippen LogP contribution in [0.25, 0.3) is 0 Å². The van der Waals surface area contributed by atoms with E-state index in [0.717, 1.165) is 31.6 Å². The van der Waals surface area contributed by atoms with Crippen LogP contribution in [-0.2, 0) is 9.53 Å². The molecule has 1 aliphatic heterocycles. The Hall–Kier alpha value is -0.920. The Morgan fingerprint density at radius 3 is 2.68 bits per heavy atom. The summed E-state index contributed by atoms with van der Waals surface area (Å²) >= 11 is 0. The molecule has 25 heavy (non-hydrogen) atoms. The molecule has 0 saturated carbocycles. The Labute approximate surface area is 161 Å². The molecule has 2 rings (SSSR count). The summed E-state index contributed by atoms with van der Waals surface area (Å²) in [6, 6.07) is 6.59. The van der Waals surface area contributed by atoms with Gasteiger partial charge in [-0.25, -0.2) is 4.39 Å². The highest BCUT2D eigenvalue weighted by Crippen LogP contribution is 2.22. The molecule has 2 N–H and O–H groups in total. The van der Waals surface area contributed by atoms with Crippen LogP contribution in [-0.4, -0.2) is 57.2 Å². The minimum atomic E-state index is -0.249. The molecule has 0 radical (unpaired) electrons. The van der Waals surface area contributed by atoms with E-state index in [1.165, 1.54) is 6.07 Å². The minimum absolute atomic E-state index is 0. The molecule has 1 atom stereocenters. The quantitative estimate of drug-likeness (QED) is 0.662. The van der Waals surface area contributed by atoms with E-state index < -0.39 is 0 Å².